The van der Waals surface area contributed by atoms with Gasteiger partial charge in [0.25, 0.3) is 5.91 Å². The summed E-state index contributed by atoms with van der Waals surface area (Å²) in [6.45, 7) is 0.670. The quantitative estimate of drug-likeness (QED) is 0.933. The van der Waals surface area contributed by atoms with Crippen molar-refractivity contribution in [2.45, 2.75) is 37.6 Å². The fourth-order valence-corrected chi connectivity index (χ4v) is 3.20. The first-order chi connectivity index (χ1) is 11.3. The predicted octanol–water partition coefficient (Wildman–Crippen LogP) is 1.74. The Morgan fingerprint density at radius 2 is 2.00 bits per heavy atom. The number of nitrogens with zero attached hydrogens (tertiary/aromatic N) is 4. The molecule has 120 valence electrons. The molecule has 1 N–H and O–H groups in total. The number of para-hydroxylation sites is 1. The minimum Gasteiger partial charge on any atom is -0.394 e. The standard InChI is InChI=1S/C17H20N4O2/c22-11-14-7-4-10-20(14)17(23)15-18-16(12-8-9-12)21(19-15)13-5-2-1-3-6-13/h1-3,5-6,12,14,22H,4,7-11H2/t14-/m1/s1. The van der Waals surface area contributed by atoms with Crippen molar-refractivity contribution in [3.05, 3.63) is 42.0 Å². The monoisotopic (exact) mass is 312 g/mol. The number of carbonyl (C=O) groups excluding carboxylic acids is 1. The van der Waals surface area contributed by atoms with E-state index >= 15 is 0 Å². The van der Waals surface area contributed by atoms with Crippen molar-refractivity contribution in [3.8, 4) is 5.69 Å². The molecule has 1 aliphatic carbocycles. The highest BCUT2D eigenvalue weighted by Gasteiger charge is 2.35. The first-order valence-electron chi connectivity index (χ1n) is 8.22. The smallest absolute Gasteiger partial charge is 0.293 e. The number of carbonyl (C=O) groups is 1. The molecule has 2 aromatic rings. The van der Waals surface area contributed by atoms with Crippen LogP contribution in [0.15, 0.2) is 30.3 Å². The number of hydrogen-bond donors (Lipinski definition) is 1. The van der Waals surface area contributed by atoms with Crippen LogP contribution in [0.3, 0.4) is 0 Å². The Balaban J connectivity index is 1.69. The van der Waals surface area contributed by atoms with E-state index in [1.54, 1.807) is 9.58 Å². The van der Waals surface area contributed by atoms with Gasteiger partial charge in [0.15, 0.2) is 0 Å². The third kappa shape index (κ3) is 2.63. The van der Waals surface area contributed by atoms with Crippen LogP contribution < -0.4 is 0 Å². The maximum atomic E-state index is 12.7. The molecule has 1 saturated heterocycles. The summed E-state index contributed by atoms with van der Waals surface area (Å²) in [6, 6.07) is 9.71. The Hall–Kier alpha value is -2.21. The molecule has 2 fully saturated rings. The molecule has 1 aromatic heterocycles. The largest absolute Gasteiger partial charge is 0.394 e. The van der Waals surface area contributed by atoms with Crippen molar-refractivity contribution in [2.75, 3.05) is 13.2 Å². The zero-order valence-corrected chi connectivity index (χ0v) is 12.9. The Bertz CT molecular complexity index is 709. The van der Waals surface area contributed by atoms with Crippen LogP contribution in [0.25, 0.3) is 5.69 Å². The lowest BCUT2D eigenvalue weighted by atomic mass is 10.2. The molecule has 6 heteroatoms. The van der Waals surface area contributed by atoms with E-state index in [1.807, 2.05) is 30.3 Å². The number of aliphatic hydroxyl groups is 1. The molecule has 0 bridgehead atoms. The van der Waals surface area contributed by atoms with E-state index in [9.17, 15) is 9.90 Å². The second-order valence-corrected chi connectivity index (χ2v) is 6.29. The maximum absolute atomic E-state index is 12.7. The lowest BCUT2D eigenvalue weighted by Crippen LogP contribution is -2.38. The van der Waals surface area contributed by atoms with Gasteiger partial charge in [0.1, 0.15) is 5.82 Å². The van der Waals surface area contributed by atoms with Gasteiger partial charge in [0, 0.05) is 12.5 Å². The zero-order valence-electron chi connectivity index (χ0n) is 12.9. The molecule has 1 atom stereocenters. The van der Waals surface area contributed by atoms with Gasteiger partial charge < -0.3 is 10.0 Å². The summed E-state index contributed by atoms with van der Waals surface area (Å²) in [5.41, 5.74) is 0.932. The number of rotatable bonds is 4. The summed E-state index contributed by atoms with van der Waals surface area (Å²) in [7, 11) is 0. The maximum Gasteiger partial charge on any atom is 0.293 e. The van der Waals surface area contributed by atoms with Crippen LogP contribution in [0.2, 0.25) is 0 Å². The fraction of sp³-hybridized carbons (Fsp3) is 0.471. The van der Waals surface area contributed by atoms with Gasteiger partial charge in [-0.1, -0.05) is 18.2 Å². The predicted molar refractivity (Wildman–Crippen MR) is 84.5 cm³/mol. The number of benzene rings is 1. The van der Waals surface area contributed by atoms with E-state index < -0.39 is 0 Å². The highest BCUT2D eigenvalue weighted by atomic mass is 16.3. The van der Waals surface area contributed by atoms with Crippen LogP contribution in [0.1, 0.15) is 48.0 Å². The average molecular weight is 312 g/mol. The highest BCUT2D eigenvalue weighted by Crippen LogP contribution is 2.39. The summed E-state index contributed by atoms with van der Waals surface area (Å²) in [6.07, 6.45) is 3.97. The van der Waals surface area contributed by atoms with Gasteiger partial charge in [-0.3, -0.25) is 4.79 Å². The normalized spacial score (nSPS) is 20.9. The Morgan fingerprint density at radius 1 is 1.22 bits per heavy atom. The molecule has 1 saturated carbocycles. The van der Waals surface area contributed by atoms with Gasteiger partial charge in [-0.2, -0.15) is 0 Å². The molecular formula is C17H20N4O2. The number of hydrogen-bond acceptors (Lipinski definition) is 4. The van der Waals surface area contributed by atoms with Gasteiger partial charge in [-0.15, -0.1) is 5.10 Å². The second-order valence-electron chi connectivity index (χ2n) is 6.29. The van der Waals surface area contributed by atoms with E-state index in [0.717, 1.165) is 37.2 Å². The number of aliphatic hydroxyl groups excluding tert-OH is 1. The van der Waals surface area contributed by atoms with E-state index in [-0.39, 0.29) is 24.4 Å². The van der Waals surface area contributed by atoms with Crippen molar-refractivity contribution >= 4 is 5.91 Å². The van der Waals surface area contributed by atoms with Crippen LogP contribution in [-0.2, 0) is 0 Å². The molecule has 6 nitrogen and oxygen atoms in total. The Labute approximate surface area is 134 Å². The average Bonchev–Trinajstić information content (AvgIpc) is 3.16. The van der Waals surface area contributed by atoms with Gasteiger partial charge in [0.2, 0.25) is 5.82 Å². The molecule has 23 heavy (non-hydrogen) atoms. The molecule has 0 radical (unpaired) electrons. The molecule has 1 aliphatic heterocycles. The van der Waals surface area contributed by atoms with Crippen molar-refractivity contribution < 1.29 is 9.90 Å². The first kappa shape index (κ1) is 14.4. The lowest BCUT2D eigenvalue weighted by Gasteiger charge is -2.21. The van der Waals surface area contributed by atoms with Crippen molar-refractivity contribution in [1.82, 2.24) is 19.7 Å². The Morgan fingerprint density at radius 3 is 2.70 bits per heavy atom. The lowest BCUT2D eigenvalue weighted by molar-refractivity contribution is 0.0665. The van der Waals surface area contributed by atoms with Gasteiger partial charge >= 0.3 is 0 Å². The molecular weight excluding hydrogens is 292 g/mol. The van der Waals surface area contributed by atoms with E-state index in [0.29, 0.717) is 12.5 Å². The highest BCUT2D eigenvalue weighted by molar-refractivity contribution is 5.91. The molecule has 2 aliphatic rings. The molecule has 2 heterocycles. The van der Waals surface area contributed by atoms with Gasteiger partial charge in [0.05, 0.1) is 18.3 Å². The van der Waals surface area contributed by atoms with Gasteiger partial charge in [-0.25, -0.2) is 9.67 Å². The van der Waals surface area contributed by atoms with Gasteiger partial charge in [-0.05, 0) is 37.8 Å². The van der Waals surface area contributed by atoms with Crippen molar-refractivity contribution in [2.24, 2.45) is 0 Å². The molecule has 0 spiro atoms. The van der Waals surface area contributed by atoms with Crippen molar-refractivity contribution in [1.29, 1.82) is 0 Å². The fourth-order valence-electron chi connectivity index (χ4n) is 3.20. The summed E-state index contributed by atoms with van der Waals surface area (Å²) in [5, 5.41) is 13.9. The number of likely N-dealkylation sites (tertiary alicyclic amines) is 1. The zero-order chi connectivity index (χ0) is 15.8. The number of aromatic nitrogens is 3. The molecule has 1 amide bonds. The minimum atomic E-state index is -0.168. The Kier molecular flexibility index (Phi) is 3.61. The molecule has 1 aromatic carbocycles. The number of amides is 1. The molecule has 0 unspecified atom stereocenters. The van der Waals surface area contributed by atoms with Crippen LogP contribution >= 0.6 is 0 Å². The van der Waals surface area contributed by atoms with Crippen LogP contribution in [0.5, 0.6) is 0 Å². The van der Waals surface area contributed by atoms with E-state index in [4.69, 9.17) is 0 Å². The SMILES string of the molecule is O=C(c1nc(C2CC2)n(-c2ccccc2)n1)N1CCC[C@@H]1CO. The minimum absolute atomic E-state index is 0.000611. The summed E-state index contributed by atoms with van der Waals surface area (Å²) < 4.78 is 1.80. The second kappa shape index (κ2) is 5.77. The van der Waals surface area contributed by atoms with Crippen molar-refractivity contribution in [3.63, 3.8) is 0 Å². The van der Waals surface area contributed by atoms with Crippen LogP contribution in [-0.4, -0.2) is 49.9 Å². The molecule has 4 rings (SSSR count). The van der Waals surface area contributed by atoms with E-state index in [2.05, 4.69) is 10.1 Å². The summed E-state index contributed by atoms with van der Waals surface area (Å²) >= 11 is 0. The third-order valence-corrected chi connectivity index (χ3v) is 4.62. The third-order valence-electron chi connectivity index (χ3n) is 4.62. The van der Waals surface area contributed by atoms with E-state index in [1.165, 1.54) is 0 Å². The van der Waals surface area contributed by atoms with Crippen LogP contribution in [0, 0.1) is 0 Å². The van der Waals surface area contributed by atoms with Crippen LogP contribution in [0.4, 0.5) is 0 Å². The first-order valence-corrected chi connectivity index (χ1v) is 8.22. The summed E-state index contributed by atoms with van der Waals surface area (Å²) in [4.78, 5) is 19.0. The summed E-state index contributed by atoms with van der Waals surface area (Å²) in [5.74, 6) is 1.35. The topological polar surface area (TPSA) is 71.2 Å².